The molecule has 21 heavy (non-hydrogen) atoms. The van der Waals surface area contributed by atoms with Crippen LogP contribution in [-0.2, 0) is 0 Å². The molecule has 2 N–H and O–H groups in total. The predicted molar refractivity (Wildman–Crippen MR) is 88.4 cm³/mol. The van der Waals surface area contributed by atoms with Crippen LogP contribution in [0.1, 0.15) is 89.9 Å². The van der Waals surface area contributed by atoms with Gasteiger partial charge in [0.15, 0.2) is 0 Å². The Hall–Kier alpha value is -1.06. The van der Waals surface area contributed by atoms with Crippen molar-refractivity contribution in [1.82, 2.24) is 0 Å². The third-order valence-electron chi connectivity index (χ3n) is 4.01. The van der Waals surface area contributed by atoms with E-state index in [1.54, 1.807) is 0 Å². The van der Waals surface area contributed by atoms with Gasteiger partial charge in [-0.15, -0.1) is 0 Å². The molecule has 0 bridgehead atoms. The van der Waals surface area contributed by atoms with Crippen LogP contribution in [-0.4, -0.2) is 6.54 Å². The number of unbranched alkanes of at least 4 members (excludes halogenated alkanes) is 12. The highest BCUT2D eigenvalue weighted by molar-refractivity contribution is 4.98. The first-order chi connectivity index (χ1) is 10.3. The smallest absolute Gasteiger partial charge is 0.133 e. The average Bonchev–Trinajstić information content (AvgIpc) is 2.51. The zero-order valence-corrected chi connectivity index (χ0v) is 13.7. The van der Waals surface area contributed by atoms with Gasteiger partial charge in [0.25, 0.3) is 0 Å². The van der Waals surface area contributed by atoms with Gasteiger partial charge < -0.3 is 5.73 Å². The van der Waals surface area contributed by atoms with Crippen LogP contribution in [0.15, 0.2) is 0 Å². The minimum atomic E-state index is -0.394. The molecule has 0 aliphatic rings. The Labute approximate surface area is 131 Å². The van der Waals surface area contributed by atoms with E-state index >= 15 is 0 Å². The number of hydrogen-bond acceptors (Lipinski definition) is 3. The second-order valence-electron chi connectivity index (χ2n) is 5.98. The van der Waals surface area contributed by atoms with Gasteiger partial charge in [-0.05, 0) is 19.4 Å². The molecule has 0 radical (unpaired) electrons. The molecule has 0 heterocycles. The monoisotopic (exact) mass is 291 g/mol. The number of rotatable bonds is 15. The Morgan fingerprint density at radius 2 is 0.905 bits per heavy atom. The molecule has 0 saturated heterocycles. The second kappa shape index (κ2) is 17.0. The summed E-state index contributed by atoms with van der Waals surface area (Å²) < 4.78 is 0. The van der Waals surface area contributed by atoms with Gasteiger partial charge in [0.2, 0.25) is 0 Å². The van der Waals surface area contributed by atoms with Gasteiger partial charge in [-0.1, -0.05) is 77.0 Å². The van der Waals surface area contributed by atoms with Crippen LogP contribution in [0.3, 0.4) is 0 Å². The first-order valence-corrected chi connectivity index (χ1v) is 8.84. The lowest BCUT2D eigenvalue weighted by Crippen LogP contribution is -1.97. The fourth-order valence-electron chi connectivity index (χ4n) is 2.60. The van der Waals surface area contributed by atoms with E-state index in [0.717, 1.165) is 19.4 Å². The summed E-state index contributed by atoms with van der Waals surface area (Å²) in [5, 5.41) is 17.3. The van der Waals surface area contributed by atoms with Gasteiger partial charge in [-0.25, -0.2) is 0 Å². The number of nitrogens with zero attached hydrogens (tertiary/aromatic N) is 2. The van der Waals surface area contributed by atoms with Crippen molar-refractivity contribution < 1.29 is 0 Å². The number of nitrogens with two attached hydrogens (primary N) is 1. The molecular weight excluding hydrogens is 258 g/mol. The predicted octanol–water partition coefficient (Wildman–Crippen LogP) is 5.07. The van der Waals surface area contributed by atoms with Crippen molar-refractivity contribution >= 4 is 0 Å². The van der Waals surface area contributed by atoms with E-state index in [4.69, 9.17) is 16.3 Å². The van der Waals surface area contributed by atoms with E-state index < -0.39 is 5.92 Å². The van der Waals surface area contributed by atoms with E-state index in [1.807, 2.05) is 12.1 Å². The van der Waals surface area contributed by atoms with Crippen LogP contribution >= 0.6 is 0 Å². The van der Waals surface area contributed by atoms with Crippen LogP contribution in [0.25, 0.3) is 0 Å². The molecule has 0 unspecified atom stereocenters. The zero-order valence-electron chi connectivity index (χ0n) is 13.7. The van der Waals surface area contributed by atoms with Crippen molar-refractivity contribution in [2.75, 3.05) is 6.54 Å². The minimum absolute atomic E-state index is 0.394. The second-order valence-corrected chi connectivity index (χ2v) is 5.98. The molecule has 0 aromatic heterocycles. The van der Waals surface area contributed by atoms with E-state index in [2.05, 4.69) is 0 Å². The van der Waals surface area contributed by atoms with Crippen molar-refractivity contribution in [3.05, 3.63) is 0 Å². The summed E-state index contributed by atoms with van der Waals surface area (Å²) in [7, 11) is 0. The maximum Gasteiger partial charge on any atom is 0.133 e. The van der Waals surface area contributed by atoms with Gasteiger partial charge >= 0.3 is 0 Å². The fraction of sp³-hybridized carbons (Fsp3) is 0.889. The average molecular weight is 291 g/mol. The van der Waals surface area contributed by atoms with Crippen LogP contribution < -0.4 is 5.73 Å². The molecular formula is C18H33N3. The highest BCUT2D eigenvalue weighted by atomic mass is 14.5. The van der Waals surface area contributed by atoms with Crippen LogP contribution in [0.5, 0.6) is 0 Å². The quantitative estimate of drug-likeness (QED) is 0.428. The van der Waals surface area contributed by atoms with Gasteiger partial charge in [-0.3, -0.25) is 0 Å². The zero-order chi connectivity index (χ0) is 15.6. The summed E-state index contributed by atoms with van der Waals surface area (Å²) in [5.41, 5.74) is 5.47. The minimum Gasteiger partial charge on any atom is -0.330 e. The van der Waals surface area contributed by atoms with E-state index in [9.17, 15) is 0 Å². The molecule has 0 aromatic rings. The Morgan fingerprint density at radius 3 is 1.24 bits per heavy atom. The molecule has 0 saturated carbocycles. The molecule has 0 fully saturated rings. The number of nitriles is 2. The van der Waals surface area contributed by atoms with Crippen molar-refractivity contribution in [3.8, 4) is 12.1 Å². The molecule has 0 aliphatic carbocycles. The molecule has 0 amide bonds. The molecule has 3 nitrogen and oxygen atoms in total. The van der Waals surface area contributed by atoms with E-state index in [0.29, 0.717) is 0 Å². The third kappa shape index (κ3) is 15.2. The van der Waals surface area contributed by atoms with Gasteiger partial charge in [-0.2, -0.15) is 10.5 Å². The maximum absolute atomic E-state index is 8.65. The Morgan fingerprint density at radius 1 is 0.571 bits per heavy atom. The molecule has 120 valence electrons. The topological polar surface area (TPSA) is 73.6 Å². The molecule has 0 spiro atoms. The van der Waals surface area contributed by atoms with Crippen molar-refractivity contribution in [3.63, 3.8) is 0 Å². The highest BCUT2D eigenvalue weighted by Crippen LogP contribution is 2.14. The molecule has 0 aliphatic heterocycles. The first kappa shape index (κ1) is 19.9. The van der Waals surface area contributed by atoms with Crippen molar-refractivity contribution in [1.29, 1.82) is 10.5 Å². The van der Waals surface area contributed by atoms with Crippen LogP contribution in [0.4, 0.5) is 0 Å². The van der Waals surface area contributed by atoms with Crippen LogP contribution in [0.2, 0.25) is 0 Å². The SMILES string of the molecule is N#CC(C#N)CCCCCCCCCCCCCCCN. The molecule has 0 atom stereocenters. The lowest BCUT2D eigenvalue weighted by atomic mass is 10.0. The summed E-state index contributed by atoms with van der Waals surface area (Å²) in [6.07, 6.45) is 17.6. The van der Waals surface area contributed by atoms with E-state index in [-0.39, 0.29) is 0 Å². The fourth-order valence-corrected chi connectivity index (χ4v) is 2.60. The summed E-state index contributed by atoms with van der Waals surface area (Å²) in [6.45, 7) is 0.841. The van der Waals surface area contributed by atoms with Gasteiger partial charge in [0, 0.05) is 0 Å². The Bertz CT molecular complexity index is 274. The normalized spacial score (nSPS) is 10.5. The molecule has 3 heteroatoms. The Kier molecular flexibility index (Phi) is 16.1. The summed E-state index contributed by atoms with van der Waals surface area (Å²) >= 11 is 0. The largest absolute Gasteiger partial charge is 0.330 e. The molecule has 0 aromatic carbocycles. The lowest BCUT2D eigenvalue weighted by molar-refractivity contribution is 0.529. The standard InChI is InChI=1S/C18H33N3/c19-15-13-11-9-7-5-3-1-2-4-6-8-10-12-14-18(16-20)17-21/h18H,1-15,19H2. The summed E-state index contributed by atoms with van der Waals surface area (Å²) in [4.78, 5) is 0. The van der Waals surface area contributed by atoms with Crippen molar-refractivity contribution in [2.45, 2.75) is 89.9 Å². The Balaban J connectivity index is 3.06. The van der Waals surface area contributed by atoms with E-state index in [1.165, 1.54) is 77.0 Å². The maximum atomic E-state index is 8.65. The molecule has 0 rings (SSSR count). The first-order valence-electron chi connectivity index (χ1n) is 8.84. The van der Waals surface area contributed by atoms with Gasteiger partial charge in [0.1, 0.15) is 5.92 Å². The lowest BCUT2D eigenvalue weighted by Gasteiger charge is -2.03. The third-order valence-corrected chi connectivity index (χ3v) is 4.01. The van der Waals surface area contributed by atoms with Gasteiger partial charge in [0.05, 0.1) is 12.1 Å². The van der Waals surface area contributed by atoms with Crippen LogP contribution in [0, 0.1) is 28.6 Å². The highest BCUT2D eigenvalue weighted by Gasteiger charge is 2.03. The number of hydrogen-bond donors (Lipinski definition) is 1. The summed E-state index contributed by atoms with van der Waals surface area (Å²) in [5.74, 6) is -0.394. The summed E-state index contributed by atoms with van der Waals surface area (Å²) in [6, 6.07) is 4.06. The van der Waals surface area contributed by atoms with Crippen molar-refractivity contribution in [2.24, 2.45) is 11.7 Å².